The van der Waals surface area contributed by atoms with Crippen molar-refractivity contribution < 1.29 is 28.2 Å². The number of rotatable bonds is 4. The summed E-state index contributed by atoms with van der Waals surface area (Å²) in [7, 11) is 0. The van der Waals surface area contributed by atoms with Crippen molar-refractivity contribution in [2.45, 2.75) is 45.7 Å². The summed E-state index contributed by atoms with van der Waals surface area (Å²) in [6, 6.07) is 7.18. The van der Waals surface area contributed by atoms with E-state index in [4.69, 9.17) is 9.47 Å². The standard InChI is InChI=1S/C21H29FN4O5/c1-14(27)23-11-17-12-26(19(28)30-17)16-7-5-6-15(10-16)24-8-9-25(18(22)13-24)20(29)31-21(2,3)4/h5-7,10,17-18H,8-9,11-13H2,1-4H3,(H,23,27). The van der Waals surface area contributed by atoms with Crippen LogP contribution in [0.15, 0.2) is 24.3 Å². The summed E-state index contributed by atoms with van der Waals surface area (Å²) < 4.78 is 25.3. The molecule has 1 aromatic rings. The van der Waals surface area contributed by atoms with Crippen LogP contribution >= 0.6 is 0 Å². The van der Waals surface area contributed by atoms with Crippen LogP contribution in [0.4, 0.5) is 25.4 Å². The summed E-state index contributed by atoms with van der Waals surface area (Å²) in [5, 5.41) is 2.64. The Balaban J connectivity index is 1.64. The Hall–Kier alpha value is -3.04. The second kappa shape index (κ2) is 8.99. The van der Waals surface area contributed by atoms with Crippen molar-refractivity contribution in [3.8, 4) is 0 Å². The minimum atomic E-state index is -1.51. The Kier molecular flexibility index (Phi) is 6.56. The van der Waals surface area contributed by atoms with E-state index in [2.05, 4.69) is 5.32 Å². The van der Waals surface area contributed by atoms with Crippen molar-refractivity contribution >= 4 is 29.5 Å². The van der Waals surface area contributed by atoms with Gasteiger partial charge in [-0.15, -0.1) is 0 Å². The molecule has 2 aliphatic rings. The number of nitrogens with one attached hydrogen (secondary N) is 1. The summed E-state index contributed by atoms with van der Waals surface area (Å²) in [5.74, 6) is -0.192. The van der Waals surface area contributed by atoms with E-state index in [1.807, 2.05) is 11.0 Å². The zero-order valence-corrected chi connectivity index (χ0v) is 18.3. The highest BCUT2D eigenvalue weighted by atomic mass is 19.1. The fourth-order valence-electron chi connectivity index (χ4n) is 3.45. The lowest BCUT2D eigenvalue weighted by Crippen LogP contribution is -2.54. The van der Waals surface area contributed by atoms with E-state index >= 15 is 0 Å². The Bertz CT molecular complexity index is 843. The molecule has 2 aliphatic heterocycles. The number of halogens is 1. The van der Waals surface area contributed by atoms with Gasteiger partial charge in [-0.3, -0.25) is 14.6 Å². The van der Waals surface area contributed by atoms with Crippen LogP contribution in [0.1, 0.15) is 27.7 Å². The number of anilines is 2. The topological polar surface area (TPSA) is 91.4 Å². The first kappa shape index (κ1) is 22.6. The molecular formula is C21H29FN4O5. The molecular weight excluding hydrogens is 407 g/mol. The number of piperazine rings is 1. The number of cyclic esters (lactones) is 1. The summed E-state index contributed by atoms with van der Waals surface area (Å²) in [6.07, 6.45) is -3.11. The molecule has 2 fully saturated rings. The zero-order valence-electron chi connectivity index (χ0n) is 18.3. The van der Waals surface area contributed by atoms with Crippen LogP contribution in [0.5, 0.6) is 0 Å². The van der Waals surface area contributed by atoms with Crippen LogP contribution in [-0.4, -0.2) is 73.7 Å². The van der Waals surface area contributed by atoms with E-state index in [1.165, 1.54) is 11.8 Å². The molecule has 0 bridgehead atoms. The molecule has 0 aliphatic carbocycles. The maximum Gasteiger partial charge on any atom is 0.414 e. The number of hydrogen-bond acceptors (Lipinski definition) is 6. The van der Waals surface area contributed by atoms with Gasteiger partial charge >= 0.3 is 12.2 Å². The summed E-state index contributed by atoms with van der Waals surface area (Å²) >= 11 is 0. The van der Waals surface area contributed by atoms with Crippen molar-refractivity contribution in [2.75, 3.05) is 42.5 Å². The van der Waals surface area contributed by atoms with Crippen molar-refractivity contribution in [3.63, 3.8) is 0 Å². The third-order valence-corrected chi connectivity index (χ3v) is 4.91. The van der Waals surface area contributed by atoms with Gasteiger partial charge in [0.15, 0.2) is 6.30 Å². The van der Waals surface area contributed by atoms with Gasteiger partial charge < -0.3 is 19.7 Å². The minimum Gasteiger partial charge on any atom is -0.444 e. The molecule has 31 heavy (non-hydrogen) atoms. The molecule has 2 unspecified atom stereocenters. The van der Waals surface area contributed by atoms with E-state index in [0.29, 0.717) is 18.8 Å². The molecule has 1 N–H and O–H groups in total. The number of benzene rings is 1. The molecule has 2 heterocycles. The third kappa shape index (κ3) is 5.77. The highest BCUT2D eigenvalue weighted by Crippen LogP contribution is 2.28. The maximum atomic E-state index is 14.7. The van der Waals surface area contributed by atoms with Crippen LogP contribution in [-0.2, 0) is 14.3 Å². The van der Waals surface area contributed by atoms with E-state index in [9.17, 15) is 18.8 Å². The lowest BCUT2D eigenvalue weighted by molar-refractivity contribution is -0.119. The van der Waals surface area contributed by atoms with Gasteiger partial charge in [0.25, 0.3) is 0 Å². The molecule has 9 nitrogen and oxygen atoms in total. The number of alkyl halides is 1. The van der Waals surface area contributed by atoms with Gasteiger partial charge in [0.05, 0.1) is 19.6 Å². The van der Waals surface area contributed by atoms with Gasteiger partial charge in [0.1, 0.15) is 11.7 Å². The molecule has 170 valence electrons. The number of hydrogen-bond donors (Lipinski definition) is 1. The van der Waals surface area contributed by atoms with E-state index in [1.54, 1.807) is 39.0 Å². The third-order valence-electron chi connectivity index (χ3n) is 4.91. The summed E-state index contributed by atoms with van der Waals surface area (Å²) in [4.78, 5) is 40.0. The maximum absolute atomic E-state index is 14.7. The van der Waals surface area contributed by atoms with Crippen LogP contribution in [0.3, 0.4) is 0 Å². The fraction of sp³-hybridized carbons (Fsp3) is 0.571. The van der Waals surface area contributed by atoms with Gasteiger partial charge in [0, 0.05) is 31.4 Å². The lowest BCUT2D eigenvalue weighted by Gasteiger charge is -2.39. The lowest BCUT2D eigenvalue weighted by atomic mass is 10.2. The SMILES string of the molecule is CC(=O)NCC1CN(c2cccc(N3CCN(C(=O)OC(C)(C)C)C(F)C3)c2)C(=O)O1. The van der Waals surface area contributed by atoms with E-state index in [0.717, 1.165) is 10.6 Å². The van der Waals surface area contributed by atoms with Crippen molar-refractivity contribution in [1.29, 1.82) is 0 Å². The van der Waals surface area contributed by atoms with Gasteiger partial charge in [-0.25, -0.2) is 14.0 Å². The first-order valence-electron chi connectivity index (χ1n) is 10.2. The Morgan fingerprint density at radius 1 is 1.23 bits per heavy atom. The van der Waals surface area contributed by atoms with E-state index < -0.39 is 30.2 Å². The number of carbonyl (C=O) groups excluding carboxylic acids is 3. The van der Waals surface area contributed by atoms with Crippen LogP contribution in [0.2, 0.25) is 0 Å². The average molecular weight is 436 g/mol. The molecule has 0 saturated carbocycles. The van der Waals surface area contributed by atoms with E-state index in [-0.39, 0.29) is 25.5 Å². The normalized spacial score (nSPS) is 21.7. The summed E-state index contributed by atoms with van der Waals surface area (Å²) in [6.45, 7) is 7.78. The van der Waals surface area contributed by atoms with Crippen molar-refractivity contribution in [2.24, 2.45) is 0 Å². The molecule has 0 aromatic heterocycles. The van der Waals surface area contributed by atoms with Gasteiger partial charge in [-0.2, -0.15) is 0 Å². The average Bonchev–Trinajstić information content (AvgIpc) is 3.05. The monoisotopic (exact) mass is 436 g/mol. The molecule has 2 atom stereocenters. The van der Waals surface area contributed by atoms with Crippen LogP contribution in [0, 0.1) is 0 Å². The predicted molar refractivity (Wildman–Crippen MR) is 113 cm³/mol. The Morgan fingerprint density at radius 3 is 2.58 bits per heavy atom. The minimum absolute atomic E-state index is 0.00169. The Labute approximate surface area is 181 Å². The smallest absolute Gasteiger partial charge is 0.414 e. The quantitative estimate of drug-likeness (QED) is 0.730. The summed E-state index contributed by atoms with van der Waals surface area (Å²) in [5.41, 5.74) is 0.671. The van der Waals surface area contributed by atoms with Gasteiger partial charge in [-0.05, 0) is 39.0 Å². The Morgan fingerprint density at radius 2 is 1.94 bits per heavy atom. The highest BCUT2D eigenvalue weighted by molar-refractivity contribution is 5.90. The zero-order chi connectivity index (χ0) is 22.8. The first-order chi connectivity index (χ1) is 14.5. The number of amides is 3. The van der Waals surface area contributed by atoms with Gasteiger partial charge in [-0.1, -0.05) is 6.07 Å². The predicted octanol–water partition coefficient (Wildman–Crippen LogP) is 2.50. The number of carbonyl (C=O) groups is 3. The second-order valence-corrected chi connectivity index (χ2v) is 8.63. The number of nitrogens with zero attached hydrogens (tertiary/aromatic N) is 3. The molecule has 3 rings (SSSR count). The van der Waals surface area contributed by atoms with Crippen molar-refractivity contribution in [1.82, 2.24) is 10.2 Å². The first-order valence-corrected chi connectivity index (χ1v) is 10.2. The van der Waals surface area contributed by atoms with Crippen LogP contribution in [0.25, 0.3) is 0 Å². The van der Waals surface area contributed by atoms with Crippen LogP contribution < -0.4 is 15.1 Å². The molecule has 3 amide bonds. The second-order valence-electron chi connectivity index (χ2n) is 8.63. The number of ether oxygens (including phenoxy) is 2. The van der Waals surface area contributed by atoms with Crippen molar-refractivity contribution in [3.05, 3.63) is 24.3 Å². The molecule has 2 saturated heterocycles. The van der Waals surface area contributed by atoms with Gasteiger partial charge in [0.2, 0.25) is 5.91 Å². The fourth-order valence-corrected chi connectivity index (χ4v) is 3.45. The largest absolute Gasteiger partial charge is 0.444 e. The highest BCUT2D eigenvalue weighted by Gasteiger charge is 2.35. The molecule has 1 aromatic carbocycles. The molecule has 0 spiro atoms. The molecule has 0 radical (unpaired) electrons. The molecule has 10 heteroatoms.